The fourth-order valence-corrected chi connectivity index (χ4v) is 5.20. The third-order valence-electron chi connectivity index (χ3n) is 4.39. The van der Waals surface area contributed by atoms with Crippen molar-refractivity contribution in [3.05, 3.63) is 40.4 Å². The average Bonchev–Trinajstić information content (AvgIpc) is 2.99. The van der Waals surface area contributed by atoms with Crippen LogP contribution in [0.4, 0.5) is 5.13 Å². The molecule has 1 aliphatic carbocycles. The highest BCUT2D eigenvalue weighted by atomic mass is 32.2. The van der Waals surface area contributed by atoms with Gasteiger partial charge in [-0.05, 0) is 31.9 Å². The van der Waals surface area contributed by atoms with Gasteiger partial charge in [-0.2, -0.15) is 0 Å². The van der Waals surface area contributed by atoms with E-state index in [0.29, 0.717) is 5.69 Å². The zero-order chi connectivity index (χ0) is 18.0. The van der Waals surface area contributed by atoms with Gasteiger partial charge in [0.1, 0.15) is 4.88 Å². The first-order valence-electron chi connectivity index (χ1n) is 8.20. The van der Waals surface area contributed by atoms with Crippen LogP contribution in [0.15, 0.2) is 29.2 Å². The van der Waals surface area contributed by atoms with Crippen LogP contribution in [-0.4, -0.2) is 24.5 Å². The summed E-state index contributed by atoms with van der Waals surface area (Å²) in [6.45, 7) is 1.88. The lowest BCUT2D eigenvalue weighted by Gasteiger charge is -2.20. The molecule has 0 amide bonds. The van der Waals surface area contributed by atoms with Gasteiger partial charge in [-0.3, -0.25) is 4.72 Å². The molecule has 2 N–H and O–H groups in total. The Kier molecular flexibility index (Phi) is 5.10. The van der Waals surface area contributed by atoms with Crippen LogP contribution in [0, 0.1) is 6.92 Å². The van der Waals surface area contributed by atoms with Crippen molar-refractivity contribution in [1.82, 2.24) is 4.98 Å². The molecule has 0 atom stereocenters. The monoisotopic (exact) mass is 380 g/mol. The van der Waals surface area contributed by atoms with E-state index in [1.54, 1.807) is 12.1 Å². The normalized spacial score (nSPS) is 15.9. The van der Waals surface area contributed by atoms with E-state index in [9.17, 15) is 18.3 Å². The first kappa shape index (κ1) is 17.9. The minimum absolute atomic E-state index is 0.0914. The molecular formula is C17H20N2O4S2. The molecule has 1 heterocycles. The van der Waals surface area contributed by atoms with Gasteiger partial charge >= 0.3 is 5.97 Å². The third kappa shape index (κ3) is 4.01. The van der Waals surface area contributed by atoms with Crippen molar-refractivity contribution in [2.75, 3.05) is 4.72 Å². The van der Waals surface area contributed by atoms with E-state index in [-0.39, 0.29) is 20.8 Å². The largest absolute Gasteiger partial charge is 0.477 e. The predicted molar refractivity (Wildman–Crippen MR) is 96.9 cm³/mol. The van der Waals surface area contributed by atoms with E-state index in [0.717, 1.165) is 49.0 Å². The number of carboxylic acid groups (broad SMARTS) is 1. The lowest BCUT2D eigenvalue weighted by atomic mass is 9.86. The maximum absolute atomic E-state index is 12.5. The third-order valence-corrected chi connectivity index (χ3v) is 6.85. The first-order chi connectivity index (χ1) is 11.9. The lowest BCUT2D eigenvalue weighted by Crippen LogP contribution is -2.13. The Balaban J connectivity index is 1.89. The lowest BCUT2D eigenvalue weighted by molar-refractivity contribution is 0.0700. The van der Waals surface area contributed by atoms with Gasteiger partial charge in [0.15, 0.2) is 5.13 Å². The summed E-state index contributed by atoms with van der Waals surface area (Å²) in [4.78, 5) is 16.1. The number of sulfonamides is 1. The van der Waals surface area contributed by atoms with Gasteiger partial charge in [0.05, 0.1) is 10.6 Å². The topological polar surface area (TPSA) is 96.4 Å². The highest BCUT2D eigenvalue weighted by molar-refractivity contribution is 7.93. The minimum Gasteiger partial charge on any atom is -0.477 e. The number of anilines is 1. The van der Waals surface area contributed by atoms with Crippen molar-refractivity contribution in [2.24, 2.45) is 0 Å². The first-order valence-corrected chi connectivity index (χ1v) is 10.5. The summed E-state index contributed by atoms with van der Waals surface area (Å²) in [5.74, 6) is -0.965. The second-order valence-electron chi connectivity index (χ2n) is 6.29. The average molecular weight is 380 g/mol. The molecule has 25 heavy (non-hydrogen) atoms. The highest BCUT2D eigenvalue weighted by Crippen LogP contribution is 2.37. The van der Waals surface area contributed by atoms with Crippen molar-refractivity contribution in [1.29, 1.82) is 0 Å². The number of thiazole rings is 1. The number of rotatable bonds is 5. The van der Waals surface area contributed by atoms with Crippen LogP contribution in [0.25, 0.3) is 0 Å². The number of carbonyl (C=O) groups is 1. The molecule has 0 radical (unpaired) electrons. The highest BCUT2D eigenvalue weighted by Gasteiger charge is 2.27. The number of aryl methyl sites for hydroxylation is 1. The van der Waals surface area contributed by atoms with Crippen molar-refractivity contribution in [2.45, 2.75) is 49.8 Å². The Bertz CT molecular complexity index is 867. The summed E-state index contributed by atoms with van der Waals surface area (Å²) in [5.41, 5.74) is 1.47. The Morgan fingerprint density at radius 3 is 2.44 bits per heavy atom. The van der Waals surface area contributed by atoms with E-state index >= 15 is 0 Å². The Hall–Kier alpha value is -1.93. The Morgan fingerprint density at radius 1 is 1.20 bits per heavy atom. The minimum atomic E-state index is -3.78. The molecule has 1 aromatic heterocycles. The molecule has 0 bridgehead atoms. The number of aromatic carboxylic acids is 1. The molecule has 1 aromatic carbocycles. The van der Waals surface area contributed by atoms with Gasteiger partial charge in [0.2, 0.25) is 0 Å². The maximum atomic E-state index is 12.5. The molecule has 134 valence electrons. The van der Waals surface area contributed by atoms with E-state index in [4.69, 9.17) is 0 Å². The quantitative estimate of drug-likeness (QED) is 0.817. The van der Waals surface area contributed by atoms with E-state index in [2.05, 4.69) is 9.71 Å². The zero-order valence-electron chi connectivity index (χ0n) is 13.9. The number of nitrogens with zero attached hydrogens (tertiary/aromatic N) is 1. The molecular weight excluding hydrogens is 360 g/mol. The number of benzene rings is 1. The van der Waals surface area contributed by atoms with Crippen LogP contribution in [0.5, 0.6) is 0 Å². The molecule has 0 aliphatic heterocycles. The summed E-state index contributed by atoms with van der Waals surface area (Å²) in [6.07, 6.45) is 5.04. The summed E-state index contributed by atoms with van der Waals surface area (Å²) in [5, 5.41) is 9.56. The summed E-state index contributed by atoms with van der Waals surface area (Å²) < 4.78 is 27.4. The van der Waals surface area contributed by atoms with Crippen LogP contribution in [0.2, 0.25) is 0 Å². The van der Waals surface area contributed by atoms with Crippen LogP contribution >= 0.6 is 11.3 Å². The Labute approximate surface area is 151 Å². The number of aromatic nitrogens is 1. The molecule has 1 saturated carbocycles. The smallest absolute Gasteiger partial charge is 0.347 e. The molecule has 0 spiro atoms. The van der Waals surface area contributed by atoms with Crippen molar-refractivity contribution in [3.8, 4) is 0 Å². The van der Waals surface area contributed by atoms with Crippen molar-refractivity contribution in [3.63, 3.8) is 0 Å². The molecule has 0 unspecified atom stereocenters. The van der Waals surface area contributed by atoms with Crippen LogP contribution in [-0.2, 0) is 10.0 Å². The van der Waals surface area contributed by atoms with Crippen LogP contribution < -0.4 is 4.72 Å². The zero-order valence-corrected chi connectivity index (χ0v) is 15.5. The fraction of sp³-hybridized carbons (Fsp3) is 0.412. The second-order valence-corrected chi connectivity index (χ2v) is 8.97. The second kappa shape index (κ2) is 7.13. The summed E-state index contributed by atoms with van der Waals surface area (Å²) in [6, 6.07) is 6.47. The molecule has 6 nitrogen and oxygen atoms in total. The molecule has 3 rings (SSSR count). The van der Waals surface area contributed by atoms with Gasteiger partial charge in [-0.15, -0.1) is 0 Å². The van der Waals surface area contributed by atoms with Crippen LogP contribution in [0.3, 0.4) is 0 Å². The van der Waals surface area contributed by atoms with Gasteiger partial charge in [0, 0.05) is 5.92 Å². The van der Waals surface area contributed by atoms with E-state index in [1.807, 2.05) is 6.92 Å². The molecule has 1 aliphatic rings. The van der Waals surface area contributed by atoms with E-state index in [1.165, 1.54) is 12.1 Å². The fourth-order valence-electron chi connectivity index (χ4n) is 3.07. The van der Waals surface area contributed by atoms with Gasteiger partial charge < -0.3 is 5.11 Å². The van der Waals surface area contributed by atoms with Crippen molar-refractivity contribution < 1.29 is 18.3 Å². The number of nitrogens with one attached hydrogen (secondary N) is 1. The molecule has 0 saturated heterocycles. The van der Waals surface area contributed by atoms with E-state index < -0.39 is 16.0 Å². The molecule has 8 heteroatoms. The van der Waals surface area contributed by atoms with Gasteiger partial charge in [0.25, 0.3) is 10.0 Å². The summed E-state index contributed by atoms with van der Waals surface area (Å²) in [7, 11) is -3.78. The summed E-state index contributed by atoms with van der Waals surface area (Å²) >= 11 is 0.885. The molecule has 1 fully saturated rings. The van der Waals surface area contributed by atoms with Crippen LogP contribution in [0.1, 0.15) is 59.0 Å². The van der Waals surface area contributed by atoms with Crippen molar-refractivity contribution >= 4 is 32.5 Å². The molecule has 2 aromatic rings. The number of hydrogen-bond acceptors (Lipinski definition) is 5. The van der Waals surface area contributed by atoms with Gasteiger partial charge in [-0.25, -0.2) is 18.2 Å². The van der Waals surface area contributed by atoms with Gasteiger partial charge in [-0.1, -0.05) is 48.3 Å². The number of carboxylic acids is 1. The Morgan fingerprint density at radius 2 is 1.84 bits per heavy atom. The predicted octanol–water partition coefficient (Wildman–Crippen LogP) is 4.00. The SMILES string of the molecule is Cc1ccc(S(=O)(=O)Nc2nc(C3CCCCC3)c(C(=O)O)s2)cc1. The number of hydrogen-bond donors (Lipinski definition) is 2. The standard InChI is InChI=1S/C17H20N2O4S2/c1-11-7-9-13(10-8-11)25(22,23)19-17-18-14(15(24-17)16(20)21)12-5-3-2-4-6-12/h7-10,12H,2-6H2,1H3,(H,18,19)(H,20,21). The maximum Gasteiger partial charge on any atom is 0.347 e.